The molecule has 1 N–H and O–H groups in total. The third-order valence-corrected chi connectivity index (χ3v) is 4.09. The molecule has 5 heteroatoms. The third kappa shape index (κ3) is 7.23. The lowest BCUT2D eigenvalue weighted by molar-refractivity contribution is -0.157. The highest BCUT2D eigenvalue weighted by molar-refractivity contribution is 5.85. The van der Waals surface area contributed by atoms with Crippen LogP contribution >= 0.6 is 0 Å². The summed E-state index contributed by atoms with van der Waals surface area (Å²) in [5.41, 5.74) is -1.69. The summed E-state index contributed by atoms with van der Waals surface area (Å²) >= 11 is 0. The minimum atomic E-state index is -1.09. The van der Waals surface area contributed by atoms with Gasteiger partial charge in [-0.15, -0.1) is 0 Å². The Morgan fingerprint density at radius 3 is 2.09 bits per heavy atom. The van der Waals surface area contributed by atoms with Gasteiger partial charge in [0.15, 0.2) is 0 Å². The number of carbonyl (C=O) groups is 2. The molecule has 0 unspecified atom stereocenters. The smallest absolute Gasteiger partial charge is 0.408 e. The molecule has 0 aromatic carbocycles. The first-order chi connectivity index (χ1) is 10.5. The van der Waals surface area contributed by atoms with Gasteiger partial charge >= 0.3 is 12.1 Å². The number of rotatable bonds is 5. The second kappa shape index (κ2) is 8.02. The van der Waals surface area contributed by atoms with Gasteiger partial charge in [0.2, 0.25) is 0 Å². The number of hydrogen-bond acceptors (Lipinski definition) is 4. The lowest BCUT2D eigenvalue weighted by Crippen LogP contribution is -2.52. The molecule has 1 saturated carbocycles. The molecule has 1 rings (SSSR count). The van der Waals surface area contributed by atoms with E-state index >= 15 is 0 Å². The van der Waals surface area contributed by atoms with Crippen LogP contribution in [0.3, 0.4) is 0 Å². The zero-order valence-electron chi connectivity index (χ0n) is 15.5. The molecular formula is C18H33NO4. The highest BCUT2D eigenvalue weighted by Crippen LogP contribution is 2.30. The molecule has 0 radical (unpaired) electrons. The number of hydrogen-bond donors (Lipinski definition) is 1. The average Bonchev–Trinajstić information content (AvgIpc) is 2.38. The normalized spacial score (nSPS) is 22.3. The van der Waals surface area contributed by atoms with Gasteiger partial charge in [0.1, 0.15) is 17.2 Å². The summed E-state index contributed by atoms with van der Waals surface area (Å²) in [5, 5.41) is 2.60. The van der Waals surface area contributed by atoms with Crippen LogP contribution in [-0.2, 0) is 14.3 Å². The van der Waals surface area contributed by atoms with E-state index < -0.39 is 23.2 Å². The summed E-state index contributed by atoms with van der Waals surface area (Å²) in [6.45, 7) is 10.8. The lowest BCUT2D eigenvalue weighted by atomic mass is 9.84. The number of ether oxygens (including phenoxy) is 2. The SMILES string of the molecule is CCC[C@H]1CC[C@H](OC(=O)C(C)(C)NC(=O)OC(C)(C)C)CC1. The Balaban J connectivity index is 2.45. The topological polar surface area (TPSA) is 64.6 Å². The van der Waals surface area contributed by atoms with Gasteiger partial charge in [-0.05, 0) is 66.2 Å². The Morgan fingerprint density at radius 1 is 1.04 bits per heavy atom. The second-order valence-corrected chi connectivity index (χ2v) is 8.09. The number of esters is 1. The van der Waals surface area contributed by atoms with Gasteiger partial charge in [-0.3, -0.25) is 0 Å². The number of amides is 1. The van der Waals surface area contributed by atoms with Gasteiger partial charge in [-0.1, -0.05) is 19.8 Å². The zero-order valence-corrected chi connectivity index (χ0v) is 15.5. The molecule has 0 saturated heterocycles. The Labute approximate surface area is 140 Å². The fraction of sp³-hybridized carbons (Fsp3) is 0.889. The van der Waals surface area contributed by atoms with Crippen molar-refractivity contribution >= 4 is 12.1 Å². The van der Waals surface area contributed by atoms with E-state index in [1.807, 2.05) is 0 Å². The van der Waals surface area contributed by atoms with Crippen molar-refractivity contribution in [3.8, 4) is 0 Å². The summed E-state index contributed by atoms with van der Waals surface area (Å²) in [6, 6.07) is 0. The molecule has 23 heavy (non-hydrogen) atoms. The van der Waals surface area contributed by atoms with Crippen molar-refractivity contribution in [1.82, 2.24) is 5.32 Å². The molecule has 0 aromatic rings. The minimum absolute atomic E-state index is 0.0321. The van der Waals surface area contributed by atoms with Crippen molar-refractivity contribution in [2.75, 3.05) is 0 Å². The molecule has 134 valence electrons. The van der Waals surface area contributed by atoms with Gasteiger partial charge in [-0.2, -0.15) is 0 Å². The van der Waals surface area contributed by atoms with Crippen LogP contribution in [0.4, 0.5) is 4.79 Å². The molecule has 1 fully saturated rings. The fourth-order valence-corrected chi connectivity index (χ4v) is 2.86. The number of carbonyl (C=O) groups excluding carboxylic acids is 2. The average molecular weight is 327 g/mol. The zero-order chi connectivity index (χ0) is 17.7. The molecular weight excluding hydrogens is 294 g/mol. The predicted octanol–water partition coefficient (Wildman–Crippen LogP) is 4.19. The Hall–Kier alpha value is -1.26. The third-order valence-electron chi connectivity index (χ3n) is 4.09. The molecule has 1 amide bonds. The summed E-state index contributed by atoms with van der Waals surface area (Å²) < 4.78 is 10.8. The van der Waals surface area contributed by atoms with Crippen LogP contribution < -0.4 is 5.32 Å². The largest absolute Gasteiger partial charge is 0.461 e. The van der Waals surface area contributed by atoms with Crippen molar-refractivity contribution in [3.63, 3.8) is 0 Å². The van der Waals surface area contributed by atoms with Crippen molar-refractivity contribution in [2.24, 2.45) is 5.92 Å². The van der Waals surface area contributed by atoms with Crippen molar-refractivity contribution in [2.45, 2.75) is 97.3 Å². The maximum atomic E-state index is 12.3. The first-order valence-electron chi connectivity index (χ1n) is 8.75. The summed E-state index contributed by atoms with van der Waals surface area (Å²) in [6.07, 6.45) is 5.89. The monoisotopic (exact) mass is 327 g/mol. The summed E-state index contributed by atoms with van der Waals surface area (Å²) in [5.74, 6) is 0.366. The predicted molar refractivity (Wildman–Crippen MR) is 90.2 cm³/mol. The Bertz CT molecular complexity index is 404. The van der Waals surface area contributed by atoms with Gasteiger partial charge in [0.25, 0.3) is 0 Å². The first-order valence-corrected chi connectivity index (χ1v) is 8.75. The number of alkyl carbamates (subject to hydrolysis) is 1. The van der Waals surface area contributed by atoms with Crippen LogP contribution in [0.15, 0.2) is 0 Å². The second-order valence-electron chi connectivity index (χ2n) is 8.09. The fourth-order valence-electron chi connectivity index (χ4n) is 2.86. The van der Waals surface area contributed by atoms with Gasteiger partial charge < -0.3 is 14.8 Å². The molecule has 1 aliphatic carbocycles. The Kier molecular flexibility index (Phi) is 6.90. The van der Waals surface area contributed by atoms with E-state index in [0.29, 0.717) is 0 Å². The molecule has 0 aromatic heterocycles. The number of nitrogens with one attached hydrogen (secondary N) is 1. The molecule has 1 aliphatic rings. The van der Waals surface area contributed by atoms with E-state index in [0.717, 1.165) is 31.6 Å². The van der Waals surface area contributed by atoms with E-state index in [-0.39, 0.29) is 6.10 Å². The highest BCUT2D eigenvalue weighted by Gasteiger charge is 2.35. The summed E-state index contributed by atoms with van der Waals surface area (Å²) in [4.78, 5) is 24.2. The van der Waals surface area contributed by atoms with Crippen LogP contribution in [0.5, 0.6) is 0 Å². The van der Waals surface area contributed by atoms with Crippen LogP contribution in [-0.4, -0.2) is 29.3 Å². The van der Waals surface area contributed by atoms with Crippen molar-refractivity contribution in [1.29, 1.82) is 0 Å². The van der Waals surface area contributed by atoms with E-state index in [2.05, 4.69) is 12.2 Å². The van der Waals surface area contributed by atoms with Gasteiger partial charge in [-0.25, -0.2) is 9.59 Å². The summed E-state index contributed by atoms with van der Waals surface area (Å²) in [7, 11) is 0. The van der Waals surface area contributed by atoms with E-state index in [4.69, 9.17) is 9.47 Å². The maximum absolute atomic E-state index is 12.3. The van der Waals surface area contributed by atoms with Gasteiger partial charge in [0.05, 0.1) is 0 Å². The molecule has 0 spiro atoms. The van der Waals surface area contributed by atoms with E-state index in [1.165, 1.54) is 12.8 Å². The molecule has 0 bridgehead atoms. The van der Waals surface area contributed by atoms with Gasteiger partial charge in [0, 0.05) is 0 Å². The van der Waals surface area contributed by atoms with Crippen LogP contribution in [0.2, 0.25) is 0 Å². The molecule has 0 heterocycles. The quantitative estimate of drug-likeness (QED) is 0.769. The Morgan fingerprint density at radius 2 is 1.61 bits per heavy atom. The first kappa shape index (κ1) is 19.8. The van der Waals surface area contributed by atoms with Crippen LogP contribution in [0.25, 0.3) is 0 Å². The lowest BCUT2D eigenvalue weighted by Gasteiger charge is -2.32. The molecule has 0 aliphatic heterocycles. The highest BCUT2D eigenvalue weighted by atomic mass is 16.6. The van der Waals surface area contributed by atoms with E-state index in [9.17, 15) is 9.59 Å². The van der Waals surface area contributed by atoms with Crippen molar-refractivity contribution in [3.05, 3.63) is 0 Å². The van der Waals surface area contributed by atoms with Crippen LogP contribution in [0.1, 0.15) is 80.1 Å². The maximum Gasteiger partial charge on any atom is 0.408 e. The van der Waals surface area contributed by atoms with Crippen LogP contribution in [0, 0.1) is 5.92 Å². The minimum Gasteiger partial charge on any atom is -0.461 e. The molecule has 5 nitrogen and oxygen atoms in total. The van der Waals surface area contributed by atoms with E-state index in [1.54, 1.807) is 34.6 Å². The standard InChI is InChI=1S/C18H33NO4/c1-7-8-13-9-11-14(12-10-13)22-15(20)18(5,6)19-16(21)23-17(2,3)4/h13-14H,7-12H2,1-6H3,(H,19,21)/t13-,14-. The molecule has 0 atom stereocenters. The van der Waals surface area contributed by atoms with Crippen molar-refractivity contribution < 1.29 is 19.1 Å².